The predicted octanol–water partition coefficient (Wildman–Crippen LogP) is 4.18. The summed E-state index contributed by atoms with van der Waals surface area (Å²) >= 11 is 0. The van der Waals surface area contributed by atoms with Gasteiger partial charge in [-0.15, -0.1) is 0 Å². The van der Waals surface area contributed by atoms with Crippen LogP contribution in [0.4, 0.5) is 0 Å². The van der Waals surface area contributed by atoms with E-state index in [1.807, 2.05) is 18.2 Å². The van der Waals surface area contributed by atoms with E-state index < -0.39 is 0 Å². The molecule has 30 heavy (non-hydrogen) atoms. The van der Waals surface area contributed by atoms with E-state index in [2.05, 4.69) is 41.4 Å². The SMILES string of the molecule is COc1cccc(CCC(=O)NCc2ccc(CN3CCCC(C)C3)cc2)c1OC. The Morgan fingerprint density at radius 2 is 1.87 bits per heavy atom. The summed E-state index contributed by atoms with van der Waals surface area (Å²) in [7, 11) is 3.24. The number of aryl methyl sites for hydroxylation is 1. The van der Waals surface area contributed by atoms with Crippen LogP contribution in [0.15, 0.2) is 42.5 Å². The zero-order valence-electron chi connectivity index (χ0n) is 18.4. The number of nitrogens with one attached hydrogen (secondary N) is 1. The van der Waals surface area contributed by atoms with Crippen molar-refractivity contribution in [3.05, 3.63) is 59.2 Å². The number of hydrogen-bond donors (Lipinski definition) is 1. The molecule has 1 aliphatic rings. The number of piperidine rings is 1. The van der Waals surface area contributed by atoms with Gasteiger partial charge in [0.1, 0.15) is 0 Å². The summed E-state index contributed by atoms with van der Waals surface area (Å²) in [6, 6.07) is 14.3. The molecule has 1 unspecified atom stereocenters. The zero-order chi connectivity index (χ0) is 21.3. The number of rotatable bonds is 9. The number of nitrogens with zero attached hydrogens (tertiary/aromatic N) is 1. The molecule has 0 aliphatic carbocycles. The molecule has 0 spiro atoms. The van der Waals surface area contributed by atoms with Crippen molar-refractivity contribution in [3.8, 4) is 11.5 Å². The summed E-state index contributed by atoms with van der Waals surface area (Å²) in [4.78, 5) is 14.9. The molecule has 0 bridgehead atoms. The van der Waals surface area contributed by atoms with Gasteiger partial charge in [0.05, 0.1) is 14.2 Å². The topological polar surface area (TPSA) is 50.8 Å². The highest BCUT2D eigenvalue weighted by molar-refractivity contribution is 5.76. The minimum absolute atomic E-state index is 0.0336. The van der Waals surface area contributed by atoms with E-state index in [9.17, 15) is 4.79 Å². The minimum atomic E-state index is 0.0336. The number of amides is 1. The molecule has 0 saturated carbocycles. The molecule has 1 saturated heterocycles. The third kappa shape index (κ3) is 6.23. The van der Waals surface area contributed by atoms with Crippen LogP contribution in [0.5, 0.6) is 11.5 Å². The molecule has 5 heteroatoms. The summed E-state index contributed by atoms with van der Waals surface area (Å²) in [5.41, 5.74) is 3.44. The van der Waals surface area contributed by atoms with Crippen molar-refractivity contribution in [2.24, 2.45) is 5.92 Å². The van der Waals surface area contributed by atoms with E-state index in [4.69, 9.17) is 9.47 Å². The van der Waals surface area contributed by atoms with Gasteiger partial charge in [0.15, 0.2) is 11.5 Å². The van der Waals surface area contributed by atoms with Crippen LogP contribution in [-0.4, -0.2) is 38.1 Å². The van der Waals surface area contributed by atoms with Crippen LogP contribution in [0.1, 0.15) is 42.9 Å². The summed E-state index contributed by atoms with van der Waals surface area (Å²) in [5.74, 6) is 2.22. The third-order valence-electron chi connectivity index (χ3n) is 5.77. The molecule has 3 rings (SSSR count). The molecule has 1 amide bonds. The fourth-order valence-electron chi connectivity index (χ4n) is 4.14. The smallest absolute Gasteiger partial charge is 0.220 e. The first-order chi connectivity index (χ1) is 14.6. The zero-order valence-corrected chi connectivity index (χ0v) is 18.4. The van der Waals surface area contributed by atoms with Crippen molar-refractivity contribution in [1.29, 1.82) is 0 Å². The van der Waals surface area contributed by atoms with Crippen LogP contribution in [0, 0.1) is 5.92 Å². The van der Waals surface area contributed by atoms with E-state index in [1.54, 1.807) is 14.2 Å². The van der Waals surface area contributed by atoms with Gasteiger partial charge < -0.3 is 14.8 Å². The highest BCUT2D eigenvalue weighted by atomic mass is 16.5. The molecule has 1 aliphatic heterocycles. The molecule has 1 N–H and O–H groups in total. The summed E-state index contributed by atoms with van der Waals surface area (Å²) in [6.07, 6.45) is 3.67. The lowest BCUT2D eigenvalue weighted by Gasteiger charge is -2.30. The maximum Gasteiger partial charge on any atom is 0.220 e. The lowest BCUT2D eigenvalue weighted by molar-refractivity contribution is -0.121. The summed E-state index contributed by atoms with van der Waals surface area (Å²) < 4.78 is 10.8. The van der Waals surface area contributed by atoms with Crippen molar-refractivity contribution < 1.29 is 14.3 Å². The molecule has 0 aromatic heterocycles. The van der Waals surface area contributed by atoms with E-state index in [-0.39, 0.29) is 5.91 Å². The van der Waals surface area contributed by atoms with Gasteiger partial charge in [0.2, 0.25) is 5.91 Å². The first-order valence-corrected chi connectivity index (χ1v) is 10.9. The number of ether oxygens (including phenoxy) is 2. The van der Waals surface area contributed by atoms with Gasteiger partial charge in [-0.2, -0.15) is 0 Å². The van der Waals surface area contributed by atoms with Crippen molar-refractivity contribution in [2.45, 2.75) is 45.7 Å². The van der Waals surface area contributed by atoms with Gasteiger partial charge in [-0.05, 0) is 54.5 Å². The Balaban J connectivity index is 1.45. The summed E-state index contributed by atoms with van der Waals surface area (Å²) in [5, 5.41) is 3.02. The van der Waals surface area contributed by atoms with E-state index in [0.717, 1.165) is 23.6 Å². The molecule has 2 aromatic rings. The molecular weight excluding hydrogens is 376 g/mol. The van der Waals surface area contributed by atoms with Crippen LogP contribution in [-0.2, 0) is 24.3 Å². The minimum Gasteiger partial charge on any atom is -0.493 e. The Labute approximate surface area is 180 Å². The van der Waals surface area contributed by atoms with Crippen LogP contribution in [0.3, 0.4) is 0 Å². The van der Waals surface area contributed by atoms with Crippen molar-refractivity contribution in [2.75, 3.05) is 27.3 Å². The second-order valence-electron chi connectivity index (χ2n) is 8.23. The van der Waals surface area contributed by atoms with Gasteiger partial charge in [0, 0.05) is 26.1 Å². The normalized spacial score (nSPS) is 16.8. The average Bonchev–Trinajstić information content (AvgIpc) is 2.76. The Hall–Kier alpha value is -2.53. The molecule has 5 nitrogen and oxygen atoms in total. The average molecular weight is 411 g/mol. The van der Waals surface area contributed by atoms with Gasteiger partial charge in [-0.1, -0.05) is 43.3 Å². The van der Waals surface area contributed by atoms with Crippen molar-refractivity contribution in [3.63, 3.8) is 0 Å². The molecule has 0 radical (unpaired) electrons. The van der Waals surface area contributed by atoms with Crippen molar-refractivity contribution in [1.82, 2.24) is 10.2 Å². The predicted molar refractivity (Wildman–Crippen MR) is 120 cm³/mol. The lowest BCUT2D eigenvalue weighted by Crippen LogP contribution is -2.33. The van der Waals surface area contributed by atoms with Crippen molar-refractivity contribution >= 4 is 5.91 Å². The number of hydrogen-bond acceptors (Lipinski definition) is 4. The number of carbonyl (C=O) groups is 1. The number of para-hydroxylation sites is 1. The molecule has 2 aromatic carbocycles. The quantitative estimate of drug-likeness (QED) is 0.674. The van der Waals surface area contributed by atoms with Crippen LogP contribution in [0.25, 0.3) is 0 Å². The molecule has 1 heterocycles. The number of carbonyl (C=O) groups excluding carboxylic acids is 1. The van der Waals surface area contributed by atoms with E-state index >= 15 is 0 Å². The first kappa shape index (κ1) is 22.2. The Kier molecular flexibility index (Phi) is 8.14. The first-order valence-electron chi connectivity index (χ1n) is 10.9. The van der Waals surface area contributed by atoms with Gasteiger partial charge in [-0.3, -0.25) is 9.69 Å². The monoisotopic (exact) mass is 410 g/mol. The number of methoxy groups -OCH3 is 2. The standard InChI is InChI=1S/C25H34N2O3/c1-19-6-5-15-27(17-19)18-21-11-9-20(10-12-21)16-26-24(28)14-13-22-7-4-8-23(29-2)25(22)30-3/h4,7-12,19H,5-6,13-18H2,1-3H3,(H,26,28). The molecule has 1 atom stereocenters. The van der Waals surface area contributed by atoms with E-state index in [1.165, 1.54) is 31.5 Å². The summed E-state index contributed by atoms with van der Waals surface area (Å²) in [6.45, 7) is 6.28. The van der Waals surface area contributed by atoms with Crippen LogP contribution < -0.4 is 14.8 Å². The maximum atomic E-state index is 12.3. The van der Waals surface area contributed by atoms with Crippen LogP contribution >= 0.6 is 0 Å². The lowest BCUT2D eigenvalue weighted by atomic mass is 9.99. The number of benzene rings is 2. The van der Waals surface area contributed by atoms with Gasteiger partial charge in [0.25, 0.3) is 0 Å². The second-order valence-corrected chi connectivity index (χ2v) is 8.23. The highest BCUT2D eigenvalue weighted by Crippen LogP contribution is 2.31. The largest absolute Gasteiger partial charge is 0.493 e. The van der Waals surface area contributed by atoms with Gasteiger partial charge in [-0.25, -0.2) is 0 Å². The second kappa shape index (κ2) is 11.0. The maximum absolute atomic E-state index is 12.3. The third-order valence-corrected chi connectivity index (χ3v) is 5.77. The highest BCUT2D eigenvalue weighted by Gasteiger charge is 2.16. The Bertz CT molecular complexity index is 820. The molecule has 1 fully saturated rings. The molecule has 162 valence electrons. The fourth-order valence-corrected chi connectivity index (χ4v) is 4.14. The fraction of sp³-hybridized carbons (Fsp3) is 0.480. The Morgan fingerprint density at radius 1 is 1.10 bits per heavy atom. The van der Waals surface area contributed by atoms with Crippen LogP contribution in [0.2, 0.25) is 0 Å². The molecular formula is C25H34N2O3. The van der Waals surface area contributed by atoms with Gasteiger partial charge >= 0.3 is 0 Å². The van der Waals surface area contributed by atoms with E-state index in [0.29, 0.717) is 30.9 Å². The Morgan fingerprint density at radius 3 is 2.57 bits per heavy atom. The number of likely N-dealkylation sites (tertiary alicyclic amines) is 1.